The molecule has 1 aromatic rings. The van der Waals surface area contributed by atoms with Gasteiger partial charge in [0.15, 0.2) is 0 Å². The van der Waals surface area contributed by atoms with Gasteiger partial charge in [0, 0.05) is 29.9 Å². The number of aryl methyl sites for hydroxylation is 1. The minimum Gasteiger partial charge on any atom is -0.395 e. The number of likely N-dealkylation sites (tertiary alicyclic amines) is 1. The second kappa shape index (κ2) is 7.52. The highest BCUT2D eigenvalue weighted by atomic mass is 16.6. The van der Waals surface area contributed by atoms with E-state index >= 15 is 0 Å². The van der Waals surface area contributed by atoms with Crippen LogP contribution in [0.15, 0.2) is 18.2 Å². The number of nitro benzene ring substituents is 1. The first-order chi connectivity index (χ1) is 10.9. The monoisotopic (exact) mass is 321 g/mol. The molecule has 1 aliphatic rings. The smallest absolute Gasteiger partial charge is 0.269 e. The molecule has 1 aliphatic heterocycles. The van der Waals surface area contributed by atoms with E-state index in [1.165, 1.54) is 12.1 Å². The van der Waals surface area contributed by atoms with Gasteiger partial charge in [-0.15, -0.1) is 0 Å². The lowest BCUT2D eigenvalue weighted by Gasteiger charge is -2.39. The highest BCUT2D eigenvalue weighted by Gasteiger charge is 2.28. The standard InChI is InChI=1S/C16H23N3O4/c1-11-8-13(19(22)23)6-7-15(11)17-16(21)9-18-12(2)4-3-5-14(18)10-20/h6-8,12,14,20H,3-5,9-10H2,1-2H3,(H,17,21). The van der Waals surface area contributed by atoms with E-state index in [-0.39, 0.29) is 36.8 Å². The molecule has 0 aliphatic carbocycles. The van der Waals surface area contributed by atoms with Gasteiger partial charge in [-0.3, -0.25) is 19.8 Å². The molecule has 0 radical (unpaired) electrons. The minimum absolute atomic E-state index is 0.00509. The van der Waals surface area contributed by atoms with E-state index in [9.17, 15) is 20.0 Å². The zero-order chi connectivity index (χ0) is 17.0. The molecule has 7 nitrogen and oxygen atoms in total. The van der Waals surface area contributed by atoms with Crippen molar-refractivity contribution in [2.45, 2.75) is 45.2 Å². The minimum atomic E-state index is -0.458. The Kier molecular flexibility index (Phi) is 5.68. The molecule has 0 aromatic heterocycles. The Morgan fingerprint density at radius 1 is 1.48 bits per heavy atom. The summed E-state index contributed by atoms with van der Waals surface area (Å²) in [5, 5.41) is 23.0. The van der Waals surface area contributed by atoms with Gasteiger partial charge in [0.2, 0.25) is 5.91 Å². The number of nitrogens with zero attached hydrogens (tertiary/aromatic N) is 2. The normalized spacial score (nSPS) is 21.9. The molecule has 2 rings (SSSR count). The molecule has 2 N–H and O–H groups in total. The first kappa shape index (κ1) is 17.4. The average molecular weight is 321 g/mol. The van der Waals surface area contributed by atoms with E-state index in [4.69, 9.17) is 0 Å². The van der Waals surface area contributed by atoms with Crippen molar-refractivity contribution < 1.29 is 14.8 Å². The highest BCUT2D eigenvalue weighted by molar-refractivity contribution is 5.93. The number of carbonyl (C=O) groups is 1. The number of nitrogens with one attached hydrogen (secondary N) is 1. The average Bonchev–Trinajstić information content (AvgIpc) is 2.51. The maximum atomic E-state index is 12.3. The third-order valence-electron chi connectivity index (χ3n) is 4.43. The van der Waals surface area contributed by atoms with Crippen molar-refractivity contribution in [2.24, 2.45) is 0 Å². The molecular weight excluding hydrogens is 298 g/mol. The molecule has 0 bridgehead atoms. The zero-order valence-electron chi connectivity index (χ0n) is 13.5. The van der Waals surface area contributed by atoms with Crippen molar-refractivity contribution in [3.8, 4) is 0 Å². The van der Waals surface area contributed by atoms with Crippen LogP contribution in [0.2, 0.25) is 0 Å². The van der Waals surface area contributed by atoms with Crippen molar-refractivity contribution in [2.75, 3.05) is 18.5 Å². The van der Waals surface area contributed by atoms with E-state index < -0.39 is 4.92 Å². The molecular formula is C16H23N3O4. The second-order valence-electron chi connectivity index (χ2n) is 6.09. The van der Waals surface area contributed by atoms with Crippen LogP contribution < -0.4 is 5.32 Å². The van der Waals surface area contributed by atoms with Gasteiger partial charge in [-0.2, -0.15) is 0 Å². The van der Waals surface area contributed by atoms with E-state index in [0.29, 0.717) is 11.3 Å². The predicted molar refractivity (Wildman–Crippen MR) is 87.4 cm³/mol. The van der Waals surface area contributed by atoms with Gasteiger partial charge >= 0.3 is 0 Å². The number of nitro groups is 1. The molecule has 0 saturated carbocycles. The Morgan fingerprint density at radius 2 is 2.22 bits per heavy atom. The van der Waals surface area contributed by atoms with Crippen LogP contribution in [0.3, 0.4) is 0 Å². The number of piperidine rings is 1. The van der Waals surface area contributed by atoms with E-state index in [1.54, 1.807) is 13.0 Å². The van der Waals surface area contributed by atoms with Crippen LogP contribution in [0, 0.1) is 17.0 Å². The van der Waals surface area contributed by atoms with Crippen LogP contribution >= 0.6 is 0 Å². The Bertz CT molecular complexity index is 591. The summed E-state index contributed by atoms with van der Waals surface area (Å²) in [7, 11) is 0. The maximum Gasteiger partial charge on any atom is 0.269 e. The fourth-order valence-corrected chi connectivity index (χ4v) is 3.08. The molecule has 2 atom stereocenters. The number of rotatable bonds is 5. The summed E-state index contributed by atoms with van der Waals surface area (Å²) < 4.78 is 0. The summed E-state index contributed by atoms with van der Waals surface area (Å²) in [4.78, 5) is 24.6. The second-order valence-corrected chi connectivity index (χ2v) is 6.09. The van der Waals surface area contributed by atoms with E-state index in [0.717, 1.165) is 19.3 Å². The fraction of sp³-hybridized carbons (Fsp3) is 0.562. The quantitative estimate of drug-likeness (QED) is 0.639. The van der Waals surface area contributed by atoms with Gasteiger partial charge in [-0.05, 0) is 38.3 Å². The molecule has 0 spiro atoms. The van der Waals surface area contributed by atoms with Crippen molar-refractivity contribution in [1.29, 1.82) is 0 Å². The Hall–Kier alpha value is -1.99. The van der Waals surface area contributed by atoms with Crippen molar-refractivity contribution >= 4 is 17.3 Å². The topological polar surface area (TPSA) is 95.7 Å². The van der Waals surface area contributed by atoms with Crippen molar-refractivity contribution in [3.63, 3.8) is 0 Å². The summed E-state index contributed by atoms with van der Waals surface area (Å²) in [6.07, 6.45) is 2.97. The molecule has 7 heteroatoms. The zero-order valence-corrected chi connectivity index (χ0v) is 13.5. The molecule has 23 heavy (non-hydrogen) atoms. The van der Waals surface area contributed by atoms with Gasteiger partial charge in [0.05, 0.1) is 18.1 Å². The molecule has 1 saturated heterocycles. The molecule has 1 amide bonds. The number of hydrogen-bond donors (Lipinski definition) is 2. The summed E-state index contributed by atoms with van der Waals surface area (Å²) in [5.74, 6) is -0.172. The van der Waals surface area contributed by atoms with Crippen molar-refractivity contribution in [3.05, 3.63) is 33.9 Å². The summed E-state index contributed by atoms with van der Waals surface area (Å²) in [6, 6.07) is 4.64. The number of amides is 1. The first-order valence-electron chi connectivity index (χ1n) is 7.84. The summed E-state index contributed by atoms with van der Waals surface area (Å²) in [6.45, 7) is 4.05. The van der Waals surface area contributed by atoms with Crippen molar-refractivity contribution in [1.82, 2.24) is 4.90 Å². The lowest BCUT2D eigenvalue weighted by Crippen LogP contribution is -2.50. The number of aliphatic hydroxyl groups excluding tert-OH is 1. The molecule has 126 valence electrons. The molecule has 1 fully saturated rings. The van der Waals surface area contributed by atoms with E-state index in [2.05, 4.69) is 12.2 Å². The third kappa shape index (κ3) is 4.27. The van der Waals surface area contributed by atoms with Gasteiger partial charge in [-0.1, -0.05) is 6.42 Å². The lowest BCUT2D eigenvalue weighted by atomic mass is 9.97. The lowest BCUT2D eigenvalue weighted by molar-refractivity contribution is -0.384. The van der Waals surface area contributed by atoms with Gasteiger partial charge in [0.1, 0.15) is 0 Å². The van der Waals surface area contributed by atoms with Gasteiger partial charge < -0.3 is 10.4 Å². The highest BCUT2D eigenvalue weighted by Crippen LogP contribution is 2.24. The molecule has 1 heterocycles. The largest absolute Gasteiger partial charge is 0.395 e. The van der Waals surface area contributed by atoms with E-state index in [1.807, 2.05) is 4.90 Å². The van der Waals surface area contributed by atoms with Gasteiger partial charge in [-0.25, -0.2) is 0 Å². The summed E-state index contributed by atoms with van der Waals surface area (Å²) >= 11 is 0. The molecule has 2 unspecified atom stereocenters. The predicted octanol–water partition coefficient (Wildman–Crippen LogP) is 2.08. The van der Waals surface area contributed by atoms with Crippen LogP contribution in [-0.2, 0) is 4.79 Å². The molecule has 1 aromatic carbocycles. The first-order valence-corrected chi connectivity index (χ1v) is 7.84. The third-order valence-corrected chi connectivity index (χ3v) is 4.43. The Morgan fingerprint density at radius 3 is 2.83 bits per heavy atom. The van der Waals surface area contributed by atoms with Crippen LogP contribution in [0.5, 0.6) is 0 Å². The SMILES string of the molecule is Cc1cc([N+](=O)[O-])ccc1NC(=O)CN1C(C)CCCC1CO. The van der Waals surface area contributed by atoms with Crippen LogP contribution in [-0.4, -0.2) is 46.1 Å². The number of benzene rings is 1. The van der Waals surface area contributed by atoms with Crippen LogP contribution in [0.1, 0.15) is 31.7 Å². The fourth-order valence-electron chi connectivity index (χ4n) is 3.08. The Labute approximate surface area is 135 Å². The number of carbonyl (C=O) groups excluding carboxylic acids is 1. The maximum absolute atomic E-state index is 12.3. The Balaban J connectivity index is 2.02. The summed E-state index contributed by atoms with van der Waals surface area (Å²) in [5.41, 5.74) is 1.23. The number of anilines is 1. The van der Waals surface area contributed by atoms with Crippen LogP contribution in [0.4, 0.5) is 11.4 Å². The van der Waals surface area contributed by atoms with Crippen LogP contribution in [0.25, 0.3) is 0 Å². The number of hydrogen-bond acceptors (Lipinski definition) is 5. The number of non-ortho nitro benzene ring substituents is 1. The number of aliphatic hydroxyl groups is 1. The van der Waals surface area contributed by atoms with Gasteiger partial charge in [0.25, 0.3) is 5.69 Å².